The summed E-state index contributed by atoms with van der Waals surface area (Å²) in [5.74, 6) is -0.131. The molecular formula is C22H17FN6O2S. The molecule has 1 aliphatic rings. The van der Waals surface area contributed by atoms with Crippen LogP contribution in [-0.2, 0) is 13.5 Å². The van der Waals surface area contributed by atoms with Crippen LogP contribution in [0.25, 0.3) is 21.5 Å². The number of hydrogen-bond acceptors (Lipinski definition) is 6. The molecule has 4 aromatic heterocycles. The van der Waals surface area contributed by atoms with Gasteiger partial charge in [-0.05, 0) is 12.1 Å². The number of carbonyl (C=O) groups is 1. The minimum absolute atomic E-state index is 0.169. The summed E-state index contributed by atoms with van der Waals surface area (Å²) in [5, 5.41) is 5.54. The lowest BCUT2D eigenvalue weighted by Crippen LogP contribution is -2.40. The van der Waals surface area contributed by atoms with Crippen LogP contribution in [0.5, 0.6) is 0 Å². The molecule has 1 aromatic carbocycles. The van der Waals surface area contributed by atoms with Gasteiger partial charge in [0.1, 0.15) is 21.7 Å². The van der Waals surface area contributed by atoms with E-state index in [-0.39, 0.29) is 11.5 Å². The molecule has 0 radical (unpaired) electrons. The lowest BCUT2D eigenvalue weighted by atomic mass is 10.00. The highest BCUT2D eigenvalue weighted by Crippen LogP contribution is 2.38. The third-order valence-corrected chi connectivity index (χ3v) is 6.67. The molecule has 1 atom stereocenters. The number of nitrogens with zero attached hydrogens (tertiary/aromatic N) is 5. The molecule has 10 heteroatoms. The summed E-state index contributed by atoms with van der Waals surface area (Å²) >= 11 is 1.31. The van der Waals surface area contributed by atoms with Gasteiger partial charge in [-0.3, -0.25) is 9.48 Å². The molecule has 1 N–H and O–H groups in total. The van der Waals surface area contributed by atoms with E-state index in [2.05, 4.69) is 20.1 Å². The zero-order valence-electron chi connectivity index (χ0n) is 16.9. The van der Waals surface area contributed by atoms with E-state index in [9.17, 15) is 9.18 Å². The third-order valence-electron chi connectivity index (χ3n) is 5.64. The van der Waals surface area contributed by atoms with Gasteiger partial charge in [-0.1, -0.05) is 12.1 Å². The normalized spacial score (nSPS) is 15.9. The number of halogens is 1. The Kier molecular flexibility index (Phi) is 4.22. The van der Waals surface area contributed by atoms with Crippen molar-refractivity contribution in [1.29, 1.82) is 0 Å². The highest BCUT2D eigenvalue weighted by molar-refractivity contribution is 7.16. The van der Waals surface area contributed by atoms with Gasteiger partial charge in [-0.25, -0.2) is 14.4 Å². The first-order chi connectivity index (χ1) is 15.6. The zero-order chi connectivity index (χ0) is 21.8. The first kappa shape index (κ1) is 18.9. The lowest BCUT2D eigenvalue weighted by Gasteiger charge is -2.33. The molecule has 0 spiro atoms. The van der Waals surface area contributed by atoms with Crippen LogP contribution in [0.15, 0.2) is 53.6 Å². The predicted molar refractivity (Wildman–Crippen MR) is 116 cm³/mol. The van der Waals surface area contributed by atoms with Crippen LogP contribution >= 0.6 is 11.3 Å². The third kappa shape index (κ3) is 2.94. The fraction of sp³-hybridized carbons (Fsp3) is 0.182. The smallest absolute Gasteiger partial charge is 0.266 e. The van der Waals surface area contributed by atoms with E-state index in [0.717, 1.165) is 16.3 Å². The number of aryl methyl sites for hydroxylation is 1. The number of fused-ring (bicyclic) bond motifs is 2. The maximum Gasteiger partial charge on any atom is 0.266 e. The average molecular weight is 448 g/mol. The van der Waals surface area contributed by atoms with Crippen molar-refractivity contribution in [3.8, 4) is 10.6 Å². The second-order valence-electron chi connectivity index (χ2n) is 7.66. The van der Waals surface area contributed by atoms with Gasteiger partial charge in [0.15, 0.2) is 11.4 Å². The average Bonchev–Trinajstić information content (AvgIpc) is 3.57. The fourth-order valence-electron chi connectivity index (χ4n) is 4.15. The van der Waals surface area contributed by atoms with Crippen molar-refractivity contribution in [2.24, 2.45) is 7.05 Å². The van der Waals surface area contributed by atoms with Gasteiger partial charge >= 0.3 is 0 Å². The zero-order valence-corrected chi connectivity index (χ0v) is 17.8. The van der Waals surface area contributed by atoms with Crippen molar-refractivity contribution >= 4 is 28.2 Å². The van der Waals surface area contributed by atoms with Gasteiger partial charge in [-0.15, -0.1) is 11.3 Å². The molecule has 5 aromatic rings. The number of nitrogens with one attached hydrogen (secondary N) is 1. The van der Waals surface area contributed by atoms with E-state index < -0.39 is 11.9 Å². The van der Waals surface area contributed by atoms with Crippen molar-refractivity contribution in [3.63, 3.8) is 0 Å². The first-order valence-electron chi connectivity index (χ1n) is 10.0. The van der Waals surface area contributed by atoms with Crippen molar-refractivity contribution in [1.82, 2.24) is 29.6 Å². The van der Waals surface area contributed by atoms with Crippen LogP contribution in [0.1, 0.15) is 32.9 Å². The summed E-state index contributed by atoms with van der Waals surface area (Å²) in [6, 6.07) is 6.00. The number of carbonyl (C=O) groups excluding carboxylic acids is 1. The highest BCUT2D eigenvalue weighted by atomic mass is 32.1. The van der Waals surface area contributed by atoms with Crippen LogP contribution in [0.4, 0.5) is 4.39 Å². The number of aromatic nitrogens is 5. The fourth-order valence-corrected chi connectivity index (χ4v) is 4.99. The van der Waals surface area contributed by atoms with E-state index in [1.807, 2.05) is 13.2 Å². The molecule has 8 nitrogen and oxygen atoms in total. The maximum absolute atomic E-state index is 14.3. The Morgan fingerprint density at radius 2 is 2.22 bits per heavy atom. The molecule has 6 rings (SSSR count). The number of rotatable bonds is 3. The number of H-pyrrole nitrogens is 1. The number of hydrogen-bond donors (Lipinski definition) is 1. The van der Waals surface area contributed by atoms with Gasteiger partial charge < -0.3 is 14.3 Å². The second kappa shape index (κ2) is 7.13. The summed E-state index contributed by atoms with van der Waals surface area (Å²) < 4.78 is 21.9. The summed E-state index contributed by atoms with van der Waals surface area (Å²) in [6.07, 6.45) is 7.42. The molecule has 1 amide bonds. The van der Waals surface area contributed by atoms with E-state index in [1.54, 1.807) is 46.5 Å². The molecule has 0 unspecified atom stereocenters. The standard InChI is InChI=1S/C22H17FN6O2S/c1-28-10-13(8-27-28)21-24-9-17(32-21)22(30)29-6-5-15-18(26-11-25-15)19(29)16-7-12-3-2-4-14(23)20(12)31-16/h2-4,7-11,19H,5-6H2,1H3,(H,25,26)/t19-/m0/s1. The van der Waals surface area contributed by atoms with Gasteiger partial charge in [-0.2, -0.15) is 5.10 Å². The Balaban J connectivity index is 1.41. The van der Waals surface area contributed by atoms with Crippen molar-refractivity contribution in [3.05, 3.63) is 77.0 Å². The van der Waals surface area contributed by atoms with Crippen LogP contribution in [0.2, 0.25) is 0 Å². The van der Waals surface area contributed by atoms with Gasteiger partial charge in [0.25, 0.3) is 5.91 Å². The van der Waals surface area contributed by atoms with Gasteiger partial charge in [0.05, 0.1) is 24.4 Å². The number of para-hydroxylation sites is 1. The summed E-state index contributed by atoms with van der Waals surface area (Å²) in [4.78, 5) is 27.8. The highest BCUT2D eigenvalue weighted by Gasteiger charge is 2.37. The van der Waals surface area contributed by atoms with E-state index in [1.165, 1.54) is 17.4 Å². The monoisotopic (exact) mass is 448 g/mol. The minimum atomic E-state index is -0.562. The van der Waals surface area contributed by atoms with Gasteiger partial charge in [0.2, 0.25) is 0 Å². The van der Waals surface area contributed by atoms with Crippen molar-refractivity contribution in [2.75, 3.05) is 6.54 Å². The topological polar surface area (TPSA) is 92.8 Å². The number of aromatic amines is 1. The van der Waals surface area contributed by atoms with Crippen molar-refractivity contribution < 1.29 is 13.6 Å². The van der Waals surface area contributed by atoms with Gasteiger partial charge in [0, 0.05) is 42.9 Å². The molecule has 5 heterocycles. The lowest BCUT2D eigenvalue weighted by molar-refractivity contribution is 0.0677. The number of benzene rings is 1. The Hall–Kier alpha value is -3.79. The SMILES string of the molecule is Cn1cc(-c2ncc(C(=O)N3CCc4[nH]cnc4[C@@H]3c3cc4cccc(F)c4o3)s2)cn1. The molecule has 160 valence electrons. The predicted octanol–water partition coefficient (Wildman–Crippen LogP) is 3.94. The molecule has 0 fully saturated rings. The largest absolute Gasteiger partial charge is 0.455 e. The molecule has 0 aliphatic carbocycles. The summed E-state index contributed by atoms with van der Waals surface area (Å²) in [5.41, 5.74) is 2.68. The minimum Gasteiger partial charge on any atom is -0.455 e. The quantitative estimate of drug-likeness (QED) is 0.451. The van der Waals surface area contributed by atoms with E-state index in [4.69, 9.17) is 4.42 Å². The van der Waals surface area contributed by atoms with Crippen LogP contribution < -0.4 is 0 Å². The van der Waals surface area contributed by atoms with Crippen LogP contribution in [0.3, 0.4) is 0 Å². The van der Waals surface area contributed by atoms with E-state index >= 15 is 0 Å². The Labute approximate surface area is 185 Å². The molecule has 0 bridgehead atoms. The Bertz CT molecular complexity index is 1460. The molecular weight excluding hydrogens is 431 g/mol. The van der Waals surface area contributed by atoms with E-state index in [0.29, 0.717) is 34.7 Å². The maximum atomic E-state index is 14.3. The van der Waals surface area contributed by atoms with Crippen molar-refractivity contribution in [2.45, 2.75) is 12.5 Å². The van der Waals surface area contributed by atoms with Crippen LogP contribution in [-0.4, -0.2) is 42.1 Å². The molecule has 0 saturated heterocycles. The first-order valence-corrected chi connectivity index (χ1v) is 10.9. The molecule has 32 heavy (non-hydrogen) atoms. The Morgan fingerprint density at radius 1 is 1.31 bits per heavy atom. The van der Waals surface area contributed by atoms with Crippen LogP contribution in [0, 0.1) is 5.82 Å². The summed E-state index contributed by atoms with van der Waals surface area (Å²) in [6.45, 7) is 0.471. The number of amides is 1. The molecule has 1 aliphatic heterocycles. The number of imidazole rings is 1. The second-order valence-corrected chi connectivity index (χ2v) is 8.69. The number of furan rings is 1. The summed E-state index contributed by atoms with van der Waals surface area (Å²) in [7, 11) is 1.83. The Morgan fingerprint density at radius 3 is 3.03 bits per heavy atom. The molecule has 0 saturated carbocycles. The number of thiazole rings is 1.